The van der Waals surface area contributed by atoms with Crippen molar-refractivity contribution < 1.29 is 14.3 Å². The minimum Gasteiger partial charge on any atom is -0.388 e. The van der Waals surface area contributed by atoms with Crippen molar-refractivity contribution in [2.24, 2.45) is 0 Å². The van der Waals surface area contributed by atoms with Crippen LogP contribution in [0.3, 0.4) is 0 Å². The number of methoxy groups -OCH3 is 2. The van der Waals surface area contributed by atoms with Gasteiger partial charge < -0.3 is 9.47 Å². The van der Waals surface area contributed by atoms with Crippen molar-refractivity contribution in [2.75, 3.05) is 28.4 Å². The molecular formula is C41H70O3. The SMILES string of the molecule is CC.CC.CC.CC.CC.CC.COC.COC.O=C(c1ccccc1)c1ccccc1.c1ccccc1.c1ccccc1. The van der Waals surface area contributed by atoms with Crippen molar-refractivity contribution in [2.45, 2.75) is 83.1 Å². The Labute approximate surface area is 275 Å². The molecule has 0 saturated carbocycles. The van der Waals surface area contributed by atoms with Gasteiger partial charge in [0, 0.05) is 39.6 Å². The summed E-state index contributed by atoms with van der Waals surface area (Å²) in [6, 6.07) is 42.6. The zero-order chi connectivity index (χ0) is 35.7. The highest BCUT2D eigenvalue weighted by molar-refractivity contribution is 6.08. The van der Waals surface area contributed by atoms with Crippen molar-refractivity contribution in [3.05, 3.63) is 145 Å². The van der Waals surface area contributed by atoms with Crippen LogP contribution >= 0.6 is 0 Å². The Morgan fingerprint density at radius 3 is 0.568 bits per heavy atom. The molecule has 0 heterocycles. The van der Waals surface area contributed by atoms with E-state index in [0.717, 1.165) is 11.1 Å². The maximum atomic E-state index is 11.8. The Hall–Kier alpha value is -3.53. The van der Waals surface area contributed by atoms with Crippen LogP contribution in [0.4, 0.5) is 0 Å². The molecule has 3 heteroatoms. The van der Waals surface area contributed by atoms with E-state index in [0.29, 0.717) is 0 Å². The third-order valence-corrected chi connectivity index (χ3v) is 3.41. The molecule has 0 saturated heterocycles. The highest BCUT2D eigenvalue weighted by Gasteiger charge is 2.06. The minimum absolute atomic E-state index is 0.0752. The van der Waals surface area contributed by atoms with Crippen molar-refractivity contribution in [3.8, 4) is 0 Å². The molecule has 0 radical (unpaired) electrons. The summed E-state index contributed by atoms with van der Waals surface area (Å²) in [4.78, 5) is 11.8. The lowest BCUT2D eigenvalue weighted by Crippen LogP contribution is -1.99. The molecule has 3 nitrogen and oxygen atoms in total. The molecule has 0 aromatic heterocycles. The molecule has 0 unspecified atom stereocenters. The number of carbonyl (C=O) groups is 1. The average molecular weight is 611 g/mol. The van der Waals surface area contributed by atoms with Gasteiger partial charge in [-0.15, -0.1) is 0 Å². The van der Waals surface area contributed by atoms with Crippen molar-refractivity contribution in [1.29, 1.82) is 0 Å². The van der Waals surface area contributed by atoms with E-state index in [4.69, 9.17) is 0 Å². The fourth-order valence-corrected chi connectivity index (χ4v) is 2.12. The molecular weight excluding hydrogens is 540 g/mol. The van der Waals surface area contributed by atoms with Crippen LogP contribution in [0.1, 0.15) is 99.0 Å². The van der Waals surface area contributed by atoms with Gasteiger partial charge in [-0.2, -0.15) is 0 Å². The largest absolute Gasteiger partial charge is 0.388 e. The second-order valence-corrected chi connectivity index (χ2v) is 6.19. The minimum atomic E-state index is 0.0752. The molecule has 0 bridgehead atoms. The monoisotopic (exact) mass is 611 g/mol. The Morgan fingerprint density at radius 1 is 0.318 bits per heavy atom. The van der Waals surface area contributed by atoms with Gasteiger partial charge in [-0.25, -0.2) is 0 Å². The molecule has 4 aromatic rings. The molecule has 0 spiro atoms. The number of ether oxygens (including phenoxy) is 2. The number of hydrogen-bond acceptors (Lipinski definition) is 3. The van der Waals surface area contributed by atoms with E-state index in [1.165, 1.54) is 0 Å². The first-order valence-corrected chi connectivity index (χ1v) is 16.2. The van der Waals surface area contributed by atoms with Crippen LogP contribution in [0.5, 0.6) is 0 Å². The maximum absolute atomic E-state index is 11.8. The summed E-state index contributed by atoms with van der Waals surface area (Å²) in [5, 5.41) is 0. The summed E-state index contributed by atoms with van der Waals surface area (Å²) in [6.07, 6.45) is 0. The van der Waals surface area contributed by atoms with Crippen molar-refractivity contribution in [1.82, 2.24) is 0 Å². The van der Waals surface area contributed by atoms with E-state index < -0.39 is 0 Å². The van der Waals surface area contributed by atoms with Gasteiger partial charge in [0.1, 0.15) is 0 Å². The Bertz CT molecular complexity index is 738. The topological polar surface area (TPSA) is 35.5 Å². The summed E-state index contributed by atoms with van der Waals surface area (Å²) in [7, 11) is 6.50. The third-order valence-electron chi connectivity index (χ3n) is 3.41. The van der Waals surface area contributed by atoms with Gasteiger partial charge in [0.05, 0.1) is 0 Å². The van der Waals surface area contributed by atoms with E-state index in [1.807, 2.05) is 217 Å². The van der Waals surface area contributed by atoms with Gasteiger partial charge in [0.2, 0.25) is 0 Å². The quantitative estimate of drug-likeness (QED) is 0.212. The molecule has 0 aliphatic rings. The number of ketones is 1. The molecule has 0 aliphatic carbocycles. The Morgan fingerprint density at radius 2 is 0.432 bits per heavy atom. The smallest absolute Gasteiger partial charge is 0.193 e. The molecule has 0 aliphatic heterocycles. The number of benzene rings is 4. The predicted octanol–water partition coefficient (Wildman–Crippen LogP) is 13.0. The van der Waals surface area contributed by atoms with E-state index in [1.54, 1.807) is 28.4 Å². The van der Waals surface area contributed by atoms with E-state index in [-0.39, 0.29) is 5.78 Å². The summed E-state index contributed by atoms with van der Waals surface area (Å²) in [5.41, 5.74) is 1.47. The normalized spacial score (nSPS) is 6.91. The van der Waals surface area contributed by atoms with E-state index in [9.17, 15) is 4.79 Å². The Kier molecular flexibility index (Phi) is 86.0. The van der Waals surface area contributed by atoms with Crippen LogP contribution in [0, 0.1) is 0 Å². The van der Waals surface area contributed by atoms with Crippen LogP contribution in [-0.4, -0.2) is 34.2 Å². The first kappa shape index (κ1) is 56.3. The van der Waals surface area contributed by atoms with Crippen LogP contribution in [0.2, 0.25) is 0 Å². The predicted molar refractivity (Wildman–Crippen MR) is 203 cm³/mol. The van der Waals surface area contributed by atoms with Gasteiger partial charge in [0.25, 0.3) is 0 Å². The van der Waals surface area contributed by atoms with Gasteiger partial charge in [-0.1, -0.05) is 217 Å². The van der Waals surface area contributed by atoms with Gasteiger partial charge >= 0.3 is 0 Å². The van der Waals surface area contributed by atoms with E-state index >= 15 is 0 Å². The molecule has 4 rings (SSSR count). The fraction of sp³-hybridized carbons (Fsp3) is 0.390. The van der Waals surface area contributed by atoms with Gasteiger partial charge in [0.15, 0.2) is 5.78 Å². The summed E-state index contributed by atoms with van der Waals surface area (Å²) in [6.45, 7) is 24.0. The lowest BCUT2D eigenvalue weighted by atomic mass is 10.0. The zero-order valence-electron chi connectivity index (χ0n) is 31.4. The summed E-state index contributed by atoms with van der Waals surface area (Å²) < 4.78 is 8.50. The lowest BCUT2D eigenvalue weighted by molar-refractivity contribution is 0.103. The van der Waals surface area contributed by atoms with Crippen LogP contribution in [0.15, 0.2) is 133 Å². The molecule has 252 valence electrons. The van der Waals surface area contributed by atoms with Crippen molar-refractivity contribution in [3.63, 3.8) is 0 Å². The summed E-state index contributed by atoms with van der Waals surface area (Å²) >= 11 is 0. The third kappa shape index (κ3) is 51.2. The second-order valence-electron chi connectivity index (χ2n) is 6.19. The van der Waals surface area contributed by atoms with Crippen molar-refractivity contribution >= 4 is 5.78 Å². The molecule has 0 N–H and O–H groups in total. The zero-order valence-corrected chi connectivity index (χ0v) is 31.4. The maximum Gasteiger partial charge on any atom is 0.193 e. The molecule has 0 fully saturated rings. The fourth-order valence-electron chi connectivity index (χ4n) is 2.12. The molecule has 44 heavy (non-hydrogen) atoms. The van der Waals surface area contributed by atoms with Gasteiger partial charge in [-0.3, -0.25) is 4.79 Å². The lowest BCUT2D eigenvalue weighted by Gasteiger charge is -1.99. The first-order chi connectivity index (χ1) is 21.7. The first-order valence-electron chi connectivity index (χ1n) is 16.2. The molecule has 0 atom stereocenters. The highest BCUT2D eigenvalue weighted by atomic mass is 16.5. The van der Waals surface area contributed by atoms with Crippen LogP contribution in [0.25, 0.3) is 0 Å². The number of hydrogen-bond donors (Lipinski definition) is 0. The average Bonchev–Trinajstić information content (AvgIpc) is 3.16. The van der Waals surface area contributed by atoms with Crippen LogP contribution < -0.4 is 0 Å². The number of carbonyl (C=O) groups excluding carboxylic acids is 1. The van der Waals surface area contributed by atoms with E-state index in [2.05, 4.69) is 9.47 Å². The molecule has 0 amide bonds. The Balaban J connectivity index is -0.0000000782. The van der Waals surface area contributed by atoms with Crippen LogP contribution in [-0.2, 0) is 9.47 Å². The standard InChI is InChI=1S/C13H10O.2C6H6.2C2H6O.6C2H6/c14-13(11-7-3-1-4-8-11)12-9-5-2-6-10-12;2*1-2-4-6-5-3-1;2*1-3-2;6*1-2/h1-10H;2*1-6H;2*1-2H3;6*1-2H3. The van der Waals surface area contributed by atoms with Gasteiger partial charge in [-0.05, 0) is 0 Å². The number of rotatable bonds is 2. The highest BCUT2D eigenvalue weighted by Crippen LogP contribution is 2.08. The molecule has 4 aromatic carbocycles. The summed E-state index contributed by atoms with van der Waals surface area (Å²) in [5.74, 6) is 0.0752. The second kappa shape index (κ2) is 67.3.